The number of benzene rings is 1. The van der Waals surface area contributed by atoms with Crippen molar-refractivity contribution in [3.05, 3.63) is 51.7 Å². The molecule has 1 heterocycles. The summed E-state index contributed by atoms with van der Waals surface area (Å²) in [6.07, 6.45) is 2.07. The second-order valence-corrected chi connectivity index (χ2v) is 6.09. The molecule has 0 saturated carbocycles. The van der Waals surface area contributed by atoms with Crippen LogP contribution in [0.1, 0.15) is 22.9 Å². The van der Waals surface area contributed by atoms with Crippen molar-refractivity contribution < 1.29 is 4.74 Å². The third-order valence-electron chi connectivity index (χ3n) is 3.42. The Balaban J connectivity index is 2.12. The van der Waals surface area contributed by atoms with E-state index in [1.54, 1.807) is 7.11 Å². The lowest BCUT2D eigenvalue weighted by atomic mass is 10.00. The summed E-state index contributed by atoms with van der Waals surface area (Å²) in [6, 6.07) is 11.2. The Morgan fingerprint density at radius 1 is 1.25 bits per heavy atom. The summed E-state index contributed by atoms with van der Waals surface area (Å²) < 4.78 is 5.49. The Morgan fingerprint density at radius 2 is 2.10 bits per heavy atom. The van der Waals surface area contributed by atoms with Crippen molar-refractivity contribution in [2.45, 2.75) is 32.7 Å². The zero-order valence-corrected chi connectivity index (χ0v) is 13.3. The molecule has 1 atom stereocenters. The van der Waals surface area contributed by atoms with E-state index in [1.807, 2.05) is 11.3 Å². The maximum absolute atomic E-state index is 5.49. The lowest BCUT2D eigenvalue weighted by Crippen LogP contribution is -2.33. The molecule has 2 rings (SSSR count). The number of aryl methyl sites for hydroxylation is 1. The van der Waals surface area contributed by atoms with Crippen molar-refractivity contribution in [2.75, 3.05) is 13.7 Å². The molecule has 0 spiro atoms. The van der Waals surface area contributed by atoms with Gasteiger partial charge in [0.25, 0.3) is 0 Å². The van der Waals surface area contributed by atoms with E-state index in [4.69, 9.17) is 4.74 Å². The van der Waals surface area contributed by atoms with E-state index in [2.05, 4.69) is 54.9 Å². The van der Waals surface area contributed by atoms with E-state index in [9.17, 15) is 0 Å². The van der Waals surface area contributed by atoms with Gasteiger partial charge in [0.2, 0.25) is 0 Å². The molecule has 20 heavy (non-hydrogen) atoms. The van der Waals surface area contributed by atoms with Gasteiger partial charge in [-0.2, -0.15) is 0 Å². The fraction of sp³-hybridized carbons (Fsp3) is 0.412. The predicted molar refractivity (Wildman–Crippen MR) is 86.9 cm³/mol. The van der Waals surface area contributed by atoms with Gasteiger partial charge in [0.1, 0.15) is 5.75 Å². The first-order valence-corrected chi connectivity index (χ1v) is 8.00. The second-order valence-electron chi connectivity index (χ2n) is 5.06. The molecule has 1 N–H and O–H groups in total. The van der Waals surface area contributed by atoms with Crippen molar-refractivity contribution in [2.24, 2.45) is 0 Å². The molecule has 0 saturated heterocycles. The van der Waals surface area contributed by atoms with Crippen LogP contribution in [0.4, 0.5) is 0 Å². The molecular weight excluding hydrogens is 266 g/mol. The number of methoxy groups -OCH3 is 1. The van der Waals surface area contributed by atoms with E-state index in [0.29, 0.717) is 6.04 Å². The van der Waals surface area contributed by atoms with Crippen LogP contribution in [0.5, 0.6) is 5.75 Å². The molecule has 0 aliphatic heterocycles. The van der Waals surface area contributed by atoms with E-state index < -0.39 is 0 Å². The van der Waals surface area contributed by atoms with Gasteiger partial charge in [0, 0.05) is 10.9 Å². The first kappa shape index (κ1) is 15.1. The van der Waals surface area contributed by atoms with E-state index in [-0.39, 0.29) is 0 Å². The number of thiophene rings is 1. The number of likely N-dealkylation sites (N-methyl/N-ethyl adjacent to an activating group) is 1. The molecule has 0 aliphatic rings. The number of hydrogen-bond donors (Lipinski definition) is 1. The fourth-order valence-electron chi connectivity index (χ4n) is 2.51. The highest BCUT2D eigenvalue weighted by molar-refractivity contribution is 7.09. The fourth-order valence-corrected chi connectivity index (χ4v) is 3.30. The summed E-state index contributed by atoms with van der Waals surface area (Å²) >= 11 is 1.83. The molecule has 0 fully saturated rings. The molecule has 1 aromatic heterocycles. The minimum absolute atomic E-state index is 0.453. The molecule has 0 radical (unpaired) electrons. The van der Waals surface area contributed by atoms with Gasteiger partial charge < -0.3 is 10.1 Å². The minimum atomic E-state index is 0.453. The van der Waals surface area contributed by atoms with Gasteiger partial charge in [0.15, 0.2) is 0 Å². The van der Waals surface area contributed by atoms with Gasteiger partial charge in [0.05, 0.1) is 7.11 Å². The quantitative estimate of drug-likeness (QED) is 0.836. The van der Waals surface area contributed by atoms with Crippen molar-refractivity contribution in [1.82, 2.24) is 5.32 Å². The second kappa shape index (κ2) is 7.46. The molecule has 0 amide bonds. The Hall–Kier alpha value is -1.32. The van der Waals surface area contributed by atoms with Gasteiger partial charge in [-0.05, 0) is 49.4 Å². The van der Waals surface area contributed by atoms with Crippen LogP contribution < -0.4 is 10.1 Å². The van der Waals surface area contributed by atoms with Crippen molar-refractivity contribution in [3.63, 3.8) is 0 Å². The summed E-state index contributed by atoms with van der Waals surface area (Å²) in [7, 11) is 1.75. The van der Waals surface area contributed by atoms with Gasteiger partial charge in [-0.1, -0.05) is 30.7 Å². The van der Waals surface area contributed by atoms with Crippen molar-refractivity contribution >= 4 is 11.3 Å². The zero-order chi connectivity index (χ0) is 14.4. The highest BCUT2D eigenvalue weighted by atomic mass is 32.1. The SMILES string of the molecule is CCNC(Cc1cccs1)Cc1cc(C)ccc1OC. The lowest BCUT2D eigenvalue weighted by Gasteiger charge is -2.19. The van der Waals surface area contributed by atoms with Crippen LogP contribution in [0.3, 0.4) is 0 Å². The predicted octanol–water partition coefficient (Wildman–Crippen LogP) is 3.83. The lowest BCUT2D eigenvalue weighted by molar-refractivity contribution is 0.404. The van der Waals surface area contributed by atoms with E-state index >= 15 is 0 Å². The minimum Gasteiger partial charge on any atom is -0.496 e. The largest absolute Gasteiger partial charge is 0.496 e. The summed E-state index contributed by atoms with van der Waals surface area (Å²) in [5, 5.41) is 5.74. The van der Waals surface area contributed by atoms with Crippen LogP contribution in [0, 0.1) is 6.92 Å². The Labute approximate surface area is 125 Å². The number of ether oxygens (including phenoxy) is 1. The molecule has 3 heteroatoms. The van der Waals surface area contributed by atoms with Crippen LogP contribution in [0.15, 0.2) is 35.7 Å². The number of hydrogen-bond acceptors (Lipinski definition) is 3. The molecular formula is C17H23NOS. The Morgan fingerprint density at radius 3 is 2.75 bits per heavy atom. The van der Waals surface area contributed by atoms with E-state index in [1.165, 1.54) is 16.0 Å². The summed E-state index contributed by atoms with van der Waals surface area (Å²) in [5.41, 5.74) is 2.57. The number of rotatable bonds is 7. The third kappa shape index (κ3) is 4.09. The number of nitrogens with one attached hydrogen (secondary N) is 1. The summed E-state index contributed by atoms with van der Waals surface area (Å²) in [5.74, 6) is 0.990. The molecule has 108 valence electrons. The normalized spacial score (nSPS) is 12.3. The van der Waals surface area contributed by atoms with E-state index in [0.717, 1.165) is 25.1 Å². The molecule has 2 aromatic rings. The third-order valence-corrected chi connectivity index (χ3v) is 4.32. The average molecular weight is 289 g/mol. The average Bonchev–Trinajstić information content (AvgIpc) is 2.92. The van der Waals surface area contributed by atoms with Crippen LogP contribution in [-0.2, 0) is 12.8 Å². The highest BCUT2D eigenvalue weighted by Gasteiger charge is 2.13. The maximum Gasteiger partial charge on any atom is 0.122 e. The van der Waals surface area contributed by atoms with Gasteiger partial charge >= 0.3 is 0 Å². The molecule has 1 aromatic carbocycles. The van der Waals surface area contributed by atoms with Crippen LogP contribution in [0.2, 0.25) is 0 Å². The monoisotopic (exact) mass is 289 g/mol. The maximum atomic E-state index is 5.49. The van der Waals surface area contributed by atoms with Gasteiger partial charge in [-0.15, -0.1) is 11.3 Å². The molecule has 0 bridgehead atoms. The molecule has 1 unspecified atom stereocenters. The summed E-state index contributed by atoms with van der Waals surface area (Å²) in [4.78, 5) is 1.43. The summed E-state index contributed by atoms with van der Waals surface area (Å²) in [6.45, 7) is 5.28. The Bertz CT molecular complexity index is 522. The van der Waals surface area contributed by atoms with Crippen molar-refractivity contribution in [3.8, 4) is 5.75 Å². The van der Waals surface area contributed by atoms with Gasteiger partial charge in [-0.3, -0.25) is 0 Å². The van der Waals surface area contributed by atoms with Crippen molar-refractivity contribution in [1.29, 1.82) is 0 Å². The Kier molecular flexibility index (Phi) is 5.62. The van der Waals surface area contributed by atoms with Crippen LogP contribution in [0.25, 0.3) is 0 Å². The van der Waals surface area contributed by atoms with Gasteiger partial charge in [-0.25, -0.2) is 0 Å². The van der Waals surface area contributed by atoms with Crippen LogP contribution in [-0.4, -0.2) is 19.7 Å². The van der Waals surface area contributed by atoms with Crippen LogP contribution >= 0.6 is 11.3 Å². The topological polar surface area (TPSA) is 21.3 Å². The zero-order valence-electron chi connectivity index (χ0n) is 12.5. The smallest absolute Gasteiger partial charge is 0.122 e. The standard InChI is InChI=1S/C17H23NOS/c1-4-18-15(12-16-6-5-9-20-16)11-14-10-13(2)7-8-17(14)19-3/h5-10,15,18H,4,11-12H2,1-3H3. The first-order valence-electron chi connectivity index (χ1n) is 7.12. The first-order chi connectivity index (χ1) is 9.72. The molecule has 2 nitrogen and oxygen atoms in total. The molecule has 0 aliphatic carbocycles. The highest BCUT2D eigenvalue weighted by Crippen LogP contribution is 2.22.